The number of likely N-dealkylation sites (tertiary alicyclic amines) is 2. The van der Waals surface area contributed by atoms with Gasteiger partial charge in [0.1, 0.15) is 41.1 Å². The number of carbonyl (C=O) groups excluding carboxylic acids is 4. The van der Waals surface area contributed by atoms with Crippen molar-refractivity contribution in [2.75, 3.05) is 38.2 Å². The van der Waals surface area contributed by atoms with Crippen LogP contribution in [-0.2, 0) is 19.1 Å². The molecule has 5 heterocycles. The van der Waals surface area contributed by atoms with Crippen LogP contribution in [0.5, 0.6) is 0 Å². The molecule has 3 aromatic carbocycles. The molecule has 4 aliphatic rings. The Morgan fingerprint density at radius 1 is 0.698 bits per heavy atom. The van der Waals surface area contributed by atoms with Gasteiger partial charge in [-0.2, -0.15) is 0 Å². The first-order valence-corrected chi connectivity index (χ1v) is 21.9. The van der Waals surface area contributed by atoms with Crippen molar-refractivity contribution in [1.82, 2.24) is 40.4 Å². The van der Waals surface area contributed by atoms with Crippen molar-refractivity contribution < 1.29 is 32.7 Å². The van der Waals surface area contributed by atoms with Crippen LogP contribution in [0.15, 0.2) is 85.2 Å². The van der Waals surface area contributed by atoms with Gasteiger partial charge in [0.2, 0.25) is 11.8 Å². The summed E-state index contributed by atoms with van der Waals surface area (Å²) in [5.41, 5.74) is 2.90. The van der Waals surface area contributed by atoms with E-state index in [1.807, 2.05) is 47.5 Å². The van der Waals surface area contributed by atoms with E-state index in [4.69, 9.17) is 9.72 Å². The molecule has 0 radical (unpaired) electrons. The molecule has 9 rings (SSSR count). The van der Waals surface area contributed by atoms with Gasteiger partial charge in [-0.1, -0.05) is 60.7 Å². The Morgan fingerprint density at radius 2 is 1.24 bits per heavy atom. The molecule has 63 heavy (non-hydrogen) atoms. The van der Waals surface area contributed by atoms with E-state index in [1.54, 1.807) is 34.1 Å². The number of H-pyrrole nitrogens is 2. The van der Waals surface area contributed by atoms with Gasteiger partial charge < -0.3 is 40.0 Å². The zero-order valence-electron chi connectivity index (χ0n) is 35.1. The minimum atomic E-state index is -0.973. The fourth-order valence-electron chi connectivity index (χ4n) is 9.43. The van der Waals surface area contributed by atoms with E-state index in [-0.39, 0.29) is 46.9 Å². The number of aromatic amines is 2. The number of halogens is 2. The summed E-state index contributed by atoms with van der Waals surface area (Å²) in [7, 11) is 1.24. The lowest BCUT2D eigenvalue weighted by Gasteiger charge is -2.33. The Bertz CT molecular complexity index is 2430. The number of benzene rings is 3. The van der Waals surface area contributed by atoms with Gasteiger partial charge in [-0.25, -0.2) is 23.5 Å². The number of amides is 4. The summed E-state index contributed by atoms with van der Waals surface area (Å²) in [4.78, 5) is 74.3. The minimum absolute atomic E-state index is 0.0318. The summed E-state index contributed by atoms with van der Waals surface area (Å²) >= 11 is 0. The number of methoxy groups -OCH3 is 1. The number of alkyl carbamates (subject to hydrolysis) is 1. The molecule has 2 aromatic heterocycles. The zero-order chi connectivity index (χ0) is 43.6. The highest BCUT2D eigenvalue weighted by molar-refractivity contribution is 5.90. The second-order valence-electron chi connectivity index (χ2n) is 16.9. The minimum Gasteiger partial charge on any atom is -0.453 e. The van der Waals surface area contributed by atoms with E-state index in [9.17, 15) is 19.2 Å². The number of carbonyl (C=O) groups is 4. The van der Waals surface area contributed by atoms with Gasteiger partial charge in [0.15, 0.2) is 0 Å². The lowest BCUT2D eigenvalue weighted by molar-refractivity contribution is -0.138. The number of hydrogen-bond acceptors (Lipinski definition) is 8. The molecule has 4 N–H and O–H groups in total. The number of nitrogens with one attached hydrogen (secondary N) is 4. The number of piperidine rings is 1. The van der Waals surface area contributed by atoms with Gasteiger partial charge in [-0.3, -0.25) is 14.4 Å². The van der Waals surface area contributed by atoms with Gasteiger partial charge in [-0.15, -0.1) is 0 Å². The van der Waals surface area contributed by atoms with Gasteiger partial charge in [0.05, 0.1) is 31.1 Å². The first-order chi connectivity index (χ1) is 30.7. The summed E-state index contributed by atoms with van der Waals surface area (Å²) in [5.74, 6) is -0.695. The van der Waals surface area contributed by atoms with E-state index in [2.05, 4.69) is 25.6 Å². The lowest BCUT2D eigenvalue weighted by atomic mass is 9.93. The third-order valence-corrected chi connectivity index (χ3v) is 12.9. The lowest BCUT2D eigenvalue weighted by Crippen LogP contribution is -2.43. The van der Waals surface area contributed by atoms with Gasteiger partial charge in [0, 0.05) is 55.5 Å². The van der Waals surface area contributed by atoms with Crippen LogP contribution in [0.2, 0.25) is 0 Å². The SMILES string of the molecule is COC(=O)NC(C(=O)N1CCCC1c1ncc(-c2cc(F)c(N3CCC(c4cnc(C5CCCN5C(=O)C(NC(=O)C5CC5)c5ccccc5)[nH]4)CC3)c(F)c2)[nH]1)c1ccccc1. The third kappa shape index (κ3) is 8.75. The van der Waals surface area contributed by atoms with Crippen LogP contribution >= 0.6 is 0 Å². The van der Waals surface area contributed by atoms with Crippen LogP contribution in [0.25, 0.3) is 11.3 Å². The largest absolute Gasteiger partial charge is 0.453 e. The van der Waals surface area contributed by atoms with Gasteiger partial charge >= 0.3 is 6.09 Å². The molecule has 3 saturated heterocycles. The Labute approximate surface area is 363 Å². The van der Waals surface area contributed by atoms with Crippen LogP contribution < -0.4 is 15.5 Å². The Morgan fingerprint density at radius 3 is 1.79 bits per heavy atom. The molecule has 328 valence electrons. The number of anilines is 1. The molecule has 14 nitrogen and oxygen atoms in total. The maximum atomic E-state index is 15.9. The van der Waals surface area contributed by atoms with Crippen LogP contribution in [-0.4, -0.2) is 86.8 Å². The Balaban J connectivity index is 0.842. The van der Waals surface area contributed by atoms with Crippen LogP contribution in [0.1, 0.15) is 110 Å². The molecule has 4 amide bonds. The highest BCUT2D eigenvalue weighted by atomic mass is 19.1. The predicted octanol–water partition coefficient (Wildman–Crippen LogP) is 7.15. The Kier molecular flexibility index (Phi) is 11.9. The average Bonchev–Trinajstić information content (AvgIpc) is 3.75. The molecular formula is C47H51F2N9O5. The van der Waals surface area contributed by atoms with Crippen molar-refractivity contribution >= 4 is 29.5 Å². The van der Waals surface area contributed by atoms with Crippen LogP contribution in [0.4, 0.5) is 19.3 Å². The summed E-state index contributed by atoms with van der Waals surface area (Å²) in [6.07, 6.45) is 8.45. The molecule has 4 unspecified atom stereocenters. The van der Waals surface area contributed by atoms with Crippen molar-refractivity contribution in [2.24, 2.45) is 5.92 Å². The van der Waals surface area contributed by atoms with Crippen LogP contribution in [0, 0.1) is 17.6 Å². The van der Waals surface area contributed by atoms with Crippen molar-refractivity contribution in [1.29, 1.82) is 0 Å². The first kappa shape index (κ1) is 41.8. The molecular weight excluding hydrogens is 809 g/mol. The van der Waals surface area contributed by atoms with Crippen molar-refractivity contribution in [3.05, 3.63) is 125 Å². The second kappa shape index (κ2) is 18.0. The van der Waals surface area contributed by atoms with Crippen LogP contribution in [0.3, 0.4) is 0 Å². The Hall–Kier alpha value is -6.58. The molecule has 3 aliphatic heterocycles. The van der Waals surface area contributed by atoms with E-state index in [0.717, 1.165) is 36.9 Å². The topological polar surface area (TPSA) is 169 Å². The predicted molar refractivity (Wildman–Crippen MR) is 229 cm³/mol. The average molecular weight is 860 g/mol. The molecule has 4 atom stereocenters. The van der Waals surface area contributed by atoms with Gasteiger partial charge in [-0.05, 0) is 74.6 Å². The highest BCUT2D eigenvalue weighted by Crippen LogP contribution is 2.39. The number of ether oxygens (including phenoxy) is 1. The number of nitrogens with zero attached hydrogens (tertiary/aromatic N) is 5. The van der Waals surface area contributed by atoms with E-state index in [0.29, 0.717) is 74.8 Å². The highest BCUT2D eigenvalue weighted by Gasteiger charge is 2.40. The van der Waals surface area contributed by atoms with Crippen molar-refractivity contribution in [3.63, 3.8) is 0 Å². The maximum absolute atomic E-state index is 15.9. The molecule has 0 bridgehead atoms. The van der Waals surface area contributed by atoms with Gasteiger partial charge in [0.25, 0.3) is 5.91 Å². The standard InChI is InChI=1S/C47H51F2N9O5/c1-63-47(62)55-40(30-12-6-3-7-13-30)46(61)58-21-9-15-38(58)43-51-27-36(53-43)32-24-33(48)41(34(49)25-32)56-22-18-28(19-23-56)35-26-50-42(52-35)37-14-8-20-57(37)45(60)39(29-10-4-2-5-11-29)54-44(59)31-16-17-31/h2-7,10-13,24-28,31,37-40H,8-9,14-23H2,1H3,(H,50,52)(H,51,53)(H,54,59)(H,55,62). The summed E-state index contributed by atoms with van der Waals surface area (Å²) in [5, 5.41) is 5.67. The number of rotatable bonds is 12. The summed E-state index contributed by atoms with van der Waals surface area (Å²) in [6, 6.07) is 18.5. The fraction of sp³-hybridized carbons (Fsp3) is 0.404. The number of aromatic nitrogens is 4. The molecule has 5 aromatic rings. The van der Waals surface area contributed by atoms with Crippen molar-refractivity contribution in [2.45, 2.75) is 81.5 Å². The fourth-order valence-corrected chi connectivity index (χ4v) is 9.43. The molecule has 0 spiro atoms. The third-order valence-electron chi connectivity index (χ3n) is 12.9. The summed E-state index contributed by atoms with van der Waals surface area (Å²) in [6.45, 7) is 1.85. The molecule has 4 fully saturated rings. The second-order valence-corrected chi connectivity index (χ2v) is 16.9. The van der Waals surface area contributed by atoms with Crippen molar-refractivity contribution in [3.8, 4) is 11.3 Å². The quantitative estimate of drug-likeness (QED) is 0.103. The normalized spacial score (nSPS) is 20.1. The number of imidazole rings is 2. The van der Waals surface area contributed by atoms with E-state index in [1.165, 1.54) is 25.4 Å². The maximum Gasteiger partial charge on any atom is 0.407 e. The van der Waals surface area contributed by atoms with E-state index < -0.39 is 35.9 Å². The smallest absolute Gasteiger partial charge is 0.407 e. The number of hydrogen-bond donors (Lipinski definition) is 4. The molecule has 1 saturated carbocycles. The molecule has 1 aliphatic carbocycles. The molecule has 16 heteroatoms. The first-order valence-electron chi connectivity index (χ1n) is 21.9. The van der Waals surface area contributed by atoms with E-state index >= 15 is 8.78 Å². The zero-order valence-corrected chi connectivity index (χ0v) is 35.1. The monoisotopic (exact) mass is 859 g/mol. The summed E-state index contributed by atoms with van der Waals surface area (Å²) < 4.78 is 36.7.